The number of esters is 1. The number of nitrogens with zero attached hydrogens (tertiary/aromatic N) is 2. The molecule has 9 heteroatoms. The van der Waals surface area contributed by atoms with E-state index in [1.54, 1.807) is 6.07 Å². The number of hydrogen-bond donors (Lipinski definition) is 1. The topological polar surface area (TPSA) is 111 Å². The van der Waals surface area contributed by atoms with Gasteiger partial charge in [0, 0.05) is 6.92 Å². The van der Waals surface area contributed by atoms with E-state index in [0.717, 1.165) is 28.7 Å². The van der Waals surface area contributed by atoms with Crippen LogP contribution in [0.2, 0.25) is 0 Å². The van der Waals surface area contributed by atoms with Crippen molar-refractivity contribution in [2.45, 2.75) is 46.5 Å². The highest BCUT2D eigenvalue weighted by Gasteiger charge is 2.23. The second kappa shape index (κ2) is 8.26. The fourth-order valence-corrected chi connectivity index (χ4v) is 3.06. The Hall–Kier alpha value is -2.81. The first-order chi connectivity index (χ1) is 12.6. The van der Waals surface area contributed by atoms with E-state index in [9.17, 15) is 19.7 Å². The Balaban J connectivity index is 2.51. The predicted molar refractivity (Wildman–Crippen MR) is 103 cm³/mol. The molecule has 0 saturated heterocycles. The zero-order valence-corrected chi connectivity index (χ0v) is 16.5. The minimum Gasteiger partial charge on any atom is -0.426 e. The van der Waals surface area contributed by atoms with Crippen LogP contribution in [-0.2, 0) is 4.79 Å². The third kappa shape index (κ3) is 4.88. The Morgan fingerprint density at radius 3 is 2.37 bits per heavy atom. The van der Waals surface area contributed by atoms with Crippen molar-refractivity contribution in [1.82, 2.24) is 4.98 Å². The third-order valence-corrected chi connectivity index (χ3v) is 4.68. The lowest BCUT2D eigenvalue weighted by atomic mass is 9.91. The van der Waals surface area contributed by atoms with E-state index in [0.29, 0.717) is 0 Å². The minimum atomic E-state index is -0.576. The molecule has 1 aromatic heterocycles. The molecule has 1 N–H and O–H groups in total. The highest BCUT2D eigenvalue weighted by atomic mass is 32.1. The number of nitro groups is 1. The molecule has 0 aliphatic carbocycles. The molecule has 1 amide bonds. The van der Waals surface area contributed by atoms with Crippen molar-refractivity contribution in [2.24, 2.45) is 0 Å². The maximum Gasteiger partial charge on any atom is 0.345 e. The lowest BCUT2D eigenvalue weighted by molar-refractivity contribution is -0.380. The molecular weight excluding hydrogens is 370 g/mol. The SMILES string of the molecule is CC(=O)Oc1c(C(=O)Nc2ncc([N+](=O)[O-])s2)cc(C(C)C)cc1C(C)C. The van der Waals surface area contributed by atoms with Crippen molar-refractivity contribution in [3.8, 4) is 5.75 Å². The summed E-state index contributed by atoms with van der Waals surface area (Å²) in [5.41, 5.74) is 1.86. The summed E-state index contributed by atoms with van der Waals surface area (Å²) in [6.07, 6.45) is 1.08. The van der Waals surface area contributed by atoms with Crippen LogP contribution in [0, 0.1) is 10.1 Å². The number of aromatic nitrogens is 1. The highest BCUT2D eigenvalue weighted by molar-refractivity contribution is 7.18. The van der Waals surface area contributed by atoms with Crippen molar-refractivity contribution in [3.05, 3.63) is 45.1 Å². The summed E-state index contributed by atoms with van der Waals surface area (Å²) in [6.45, 7) is 9.15. The molecule has 0 radical (unpaired) electrons. The van der Waals surface area contributed by atoms with Gasteiger partial charge < -0.3 is 4.74 Å². The molecule has 0 bridgehead atoms. The molecule has 2 aromatic rings. The maximum atomic E-state index is 12.8. The Morgan fingerprint density at radius 2 is 1.89 bits per heavy atom. The van der Waals surface area contributed by atoms with Gasteiger partial charge in [-0.2, -0.15) is 0 Å². The van der Waals surface area contributed by atoms with Gasteiger partial charge in [-0.3, -0.25) is 25.0 Å². The molecule has 0 unspecified atom stereocenters. The van der Waals surface area contributed by atoms with E-state index in [1.807, 2.05) is 33.8 Å². The molecule has 144 valence electrons. The van der Waals surface area contributed by atoms with Crippen molar-refractivity contribution < 1.29 is 19.2 Å². The fraction of sp³-hybridized carbons (Fsp3) is 0.389. The van der Waals surface area contributed by atoms with Gasteiger partial charge in [-0.25, -0.2) is 4.98 Å². The first kappa shape index (κ1) is 20.5. The van der Waals surface area contributed by atoms with Crippen LogP contribution in [0.25, 0.3) is 0 Å². The number of rotatable bonds is 6. The van der Waals surface area contributed by atoms with Gasteiger partial charge in [-0.05, 0) is 40.4 Å². The summed E-state index contributed by atoms with van der Waals surface area (Å²) in [5, 5.41) is 13.3. The lowest BCUT2D eigenvalue weighted by Gasteiger charge is -2.19. The normalized spacial score (nSPS) is 10.9. The van der Waals surface area contributed by atoms with E-state index >= 15 is 0 Å². The van der Waals surface area contributed by atoms with Crippen LogP contribution < -0.4 is 10.1 Å². The minimum absolute atomic E-state index is 0.0190. The first-order valence-electron chi connectivity index (χ1n) is 8.38. The zero-order valence-electron chi connectivity index (χ0n) is 15.7. The van der Waals surface area contributed by atoms with Crippen LogP contribution in [0.15, 0.2) is 18.3 Å². The molecule has 1 aromatic carbocycles. The van der Waals surface area contributed by atoms with Crippen LogP contribution >= 0.6 is 11.3 Å². The summed E-state index contributed by atoms with van der Waals surface area (Å²) >= 11 is 0.755. The summed E-state index contributed by atoms with van der Waals surface area (Å²) in [7, 11) is 0. The molecule has 0 aliphatic heterocycles. The number of benzene rings is 1. The Bertz CT molecular complexity index is 889. The second-order valence-electron chi connectivity index (χ2n) is 6.60. The van der Waals surface area contributed by atoms with Gasteiger partial charge in [-0.15, -0.1) is 0 Å². The van der Waals surface area contributed by atoms with Gasteiger partial charge in [-0.1, -0.05) is 33.8 Å². The smallest absolute Gasteiger partial charge is 0.345 e. The molecular formula is C18H21N3O5S. The number of anilines is 1. The van der Waals surface area contributed by atoms with Crippen LogP contribution in [0.5, 0.6) is 5.75 Å². The lowest BCUT2D eigenvalue weighted by Crippen LogP contribution is -2.17. The molecule has 2 rings (SSSR count). The van der Waals surface area contributed by atoms with Crippen molar-refractivity contribution >= 4 is 33.3 Å². The van der Waals surface area contributed by atoms with E-state index in [1.165, 1.54) is 6.92 Å². The van der Waals surface area contributed by atoms with Gasteiger partial charge >= 0.3 is 11.0 Å². The van der Waals surface area contributed by atoms with E-state index in [2.05, 4.69) is 10.3 Å². The number of thiazole rings is 1. The molecule has 1 heterocycles. The second-order valence-corrected chi connectivity index (χ2v) is 7.61. The third-order valence-electron chi connectivity index (χ3n) is 3.81. The van der Waals surface area contributed by atoms with Crippen molar-refractivity contribution in [2.75, 3.05) is 5.32 Å². The number of carbonyl (C=O) groups excluding carboxylic acids is 2. The molecule has 0 aliphatic rings. The number of carbonyl (C=O) groups is 2. The maximum absolute atomic E-state index is 12.8. The average molecular weight is 391 g/mol. The molecule has 0 atom stereocenters. The molecule has 0 saturated carbocycles. The molecule has 8 nitrogen and oxygen atoms in total. The Morgan fingerprint density at radius 1 is 1.22 bits per heavy atom. The van der Waals surface area contributed by atoms with Crippen LogP contribution in [0.4, 0.5) is 10.1 Å². The largest absolute Gasteiger partial charge is 0.426 e. The zero-order chi connectivity index (χ0) is 20.3. The summed E-state index contributed by atoms with van der Waals surface area (Å²) in [4.78, 5) is 38.5. The predicted octanol–water partition coefficient (Wildman–Crippen LogP) is 4.48. The van der Waals surface area contributed by atoms with Crippen LogP contribution in [0.1, 0.15) is 67.9 Å². The van der Waals surface area contributed by atoms with Gasteiger partial charge in [0.25, 0.3) is 5.91 Å². The van der Waals surface area contributed by atoms with Crippen molar-refractivity contribution in [3.63, 3.8) is 0 Å². The standard InChI is InChI=1S/C18H21N3O5S/c1-9(2)12-6-13(10(3)4)16(26-11(5)22)14(7-12)17(23)20-18-19-8-15(27-18)21(24)25/h6-10H,1-5H3,(H,19,20,23). The fourth-order valence-electron chi connectivity index (χ4n) is 2.44. The van der Waals surface area contributed by atoms with Crippen LogP contribution in [0.3, 0.4) is 0 Å². The summed E-state index contributed by atoms with van der Waals surface area (Å²) < 4.78 is 5.35. The quantitative estimate of drug-likeness (QED) is 0.336. The van der Waals surface area contributed by atoms with E-state index < -0.39 is 16.8 Å². The van der Waals surface area contributed by atoms with Gasteiger partial charge in [0.2, 0.25) is 0 Å². The molecule has 0 spiro atoms. The average Bonchev–Trinajstić information content (AvgIpc) is 3.02. The monoisotopic (exact) mass is 391 g/mol. The van der Waals surface area contributed by atoms with Gasteiger partial charge in [0.1, 0.15) is 11.9 Å². The summed E-state index contributed by atoms with van der Waals surface area (Å²) in [5.74, 6) is -0.703. The molecule has 27 heavy (non-hydrogen) atoms. The summed E-state index contributed by atoms with van der Waals surface area (Å²) in [6, 6.07) is 3.60. The number of nitrogens with one attached hydrogen (secondary N) is 1. The molecule has 0 fully saturated rings. The van der Waals surface area contributed by atoms with Gasteiger partial charge in [0.15, 0.2) is 5.13 Å². The number of amides is 1. The Kier molecular flexibility index (Phi) is 6.27. The highest BCUT2D eigenvalue weighted by Crippen LogP contribution is 2.35. The number of ether oxygens (including phenoxy) is 1. The number of hydrogen-bond acceptors (Lipinski definition) is 7. The van der Waals surface area contributed by atoms with Crippen molar-refractivity contribution in [1.29, 1.82) is 0 Å². The van der Waals surface area contributed by atoms with Gasteiger partial charge in [0.05, 0.1) is 10.5 Å². The van der Waals surface area contributed by atoms with Crippen LogP contribution in [-0.4, -0.2) is 21.8 Å². The van der Waals surface area contributed by atoms with E-state index in [-0.39, 0.29) is 33.3 Å². The first-order valence-corrected chi connectivity index (χ1v) is 9.19. The van der Waals surface area contributed by atoms with E-state index in [4.69, 9.17) is 4.74 Å². The Labute approximate surface area is 160 Å².